The third-order valence-electron chi connectivity index (χ3n) is 4.05. The Kier molecular flexibility index (Phi) is 5.73. The molecule has 2 N–H and O–H groups in total. The van der Waals surface area contributed by atoms with Crippen LogP contribution in [0.2, 0.25) is 10.0 Å². The molecule has 1 saturated heterocycles. The molecule has 2 aromatic rings. The number of aliphatic imine (C=N–C) groups is 1. The van der Waals surface area contributed by atoms with Crippen molar-refractivity contribution >= 4 is 74.5 Å². The van der Waals surface area contributed by atoms with Gasteiger partial charge in [-0.25, -0.2) is 4.98 Å². The van der Waals surface area contributed by atoms with Crippen molar-refractivity contribution in [3.63, 3.8) is 0 Å². The number of thiazole rings is 1. The van der Waals surface area contributed by atoms with Gasteiger partial charge >= 0.3 is 0 Å². The summed E-state index contributed by atoms with van der Waals surface area (Å²) in [6, 6.07) is 5.36. The number of thioether (sulfide) groups is 1. The average molecular weight is 453 g/mol. The van der Waals surface area contributed by atoms with E-state index in [0.29, 0.717) is 31.8 Å². The fourth-order valence-electron chi connectivity index (χ4n) is 2.42. The van der Waals surface area contributed by atoms with E-state index >= 15 is 0 Å². The van der Waals surface area contributed by atoms with E-state index in [2.05, 4.69) is 20.6 Å². The molecule has 1 aliphatic heterocycles. The SMILES string of the molecule is O=C1NC(=NCc2cccc(Cl)c2Cl)SC1=Cc1cnc(NC(=O)C2CC2)s1. The average Bonchev–Trinajstić information content (AvgIpc) is 3.35. The van der Waals surface area contributed by atoms with Crippen LogP contribution in [0, 0.1) is 5.92 Å². The monoisotopic (exact) mass is 452 g/mol. The maximum Gasteiger partial charge on any atom is 0.264 e. The van der Waals surface area contributed by atoms with Gasteiger partial charge in [-0.1, -0.05) is 46.7 Å². The van der Waals surface area contributed by atoms with Crippen LogP contribution in [-0.4, -0.2) is 22.0 Å². The van der Waals surface area contributed by atoms with Gasteiger partial charge in [0.05, 0.1) is 26.4 Å². The number of nitrogens with zero attached hydrogens (tertiary/aromatic N) is 2. The summed E-state index contributed by atoms with van der Waals surface area (Å²) in [6.45, 7) is 0.313. The molecular weight excluding hydrogens is 439 g/mol. The minimum atomic E-state index is -0.224. The fraction of sp³-hybridized carbons (Fsp3) is 0.222. The maximum absolute atomic E-state index is 12.2. The molecule has 0 spiro atoms. The zero-order valence-electron chi connectivity index (χ0n) is 14.4. The molecule has 144 valence electrons. The lowest BCUT2D eigenvalue weighted by atomic mass is 10.2. The second-order valence-electron chi connectivity index (χ2n) is 6.23. The van der Waals surface area contributed by atoms with Gasteiger partial charge in [0.15, 0.2) is 10.3 Å². The van der Waals surface area contributed by atoms with Gasteiger partial charge in [-0.05, 0) is 42.3 Å². The van der Waals surface area contributed by atoms with Crippen LogP contribution in [0.1, 0.15) is 23.3 Å². The molecule has 4 rings (SSSR count). The highest BCUT2D eigenvalue weighted by Crippen LogP contribution is 2.32. The molecule has 2 heterocycles. The van der Waals surface area contributed by atoms with Crippen molar-refractivity contribution < 1.29 is 9.59 Å². The van der Waals surface area contributed by atoms with Crippen LogP contribution >= 0.6 is 46.3 Å². The Morgan fingerprint density at radius 3 is 3.00 bits per heavy atom. The first kappa shape index (κ1) is 19.4. The van der Waals surface area contributed by atoms with Gasteiger partial charge in [-0.3, -0.25) is 14.6 Å². The third kappa shape index (κ3) is 4.57. The number of carbonyl (C=O) groups excluding carboxylic acids is 2. The number of halogens is 2. The first-order valence-corrected chi connectivity index (χ1v) is 10.8. The van der Waals surface area contributed by atoms with Gasteiger partial charge in [0, 0.05) is 12.1 Å². The van der Waals surface area contributed by atoms with Gasteiger partial charge in [-0.15, -0.1) is 0 Å². The van der Waals surface area contributed by atoms with Crippen LogP contribution in [0.15, 0.2) is 34.3 Å². The first-order valence-electron chi connectivity index (χ1n) is 8.44. The molecular formula is C18H14Cl2N4O2S2. The van der Waals surface area contributed by atoms with Crippen molar-refractivity contribution in [2.45, 2.75) is 19.4 Å². The van der Waals surface area contributed by atoms with E-state index in [4.69, 9.17) is 23.2 Å². The predicted molar refractivity (Wildman–Crippen MR) is 115 cm³/mol. The van der Waals surface area contributed by atoms with E-state index in [0.717, 1.165) is 23.3 Å². The summed E-state index contributed by atoms with van der Waals surface area (Å²) in [5, 5.41) is 7.51. The van der Waals surface area contributed by atoms with Crippen LogP contribution in [0.25, 0.3) is 6.08 Å². The molecule has 1 aromatic carbocycles. The second-order valence-corrected chi connectivity index (χ2v) is 9.11. The highest BCUT2D eigenvalue weighted by atomic mass is 35.5. The van der Waals surface area contributed by atoms with E-state index in [1.54, 1.807) is 24.4 Å². The molecule has 1 saturated carbocycles. The number of amidine groups is 1. The molecule has 1 aromatic heterocycles. The summed E-state index contributed by atoms with van der Waals surface area (Å²) < 4.78 is 0. The molecule has 28 heavy (non-hydrogen) atoms. The summed E-state index contributed by atoms with van der Waals surface area (Å²) in [6.07, 6.45) is 5.25. The van der Waals surface area contributed by atoms with Gasteiger partial charge in [0.25, 0.3) is 5.91 Å². The number of benzene rings is 1. The van der Waals surface area contributed by atoms with Crippen molar-refractivity contribution in [3.8, 4) is 0 Å². The van der Waals surface area contributed by atoms with E-state index in [1.807, 2.05) is 6.07 Å². The summed E-state index contributed by atoms with van der Waals surface area (Å²) >= 11 is 14.7. The molecule has 0 bridgehead atoms. The van der Waals surface area contributed by atoms with E-state index in [9.17, 15) is 9.59 Å². The van der Waals surface area contributed by atoms with Gasteiger partial charge in [-0.2, -0.15) is 0 Å². The maximum atomic E-state index is 12.2. The van der Waals surface area contributed by atoms with Gasteiger partial charge in [0.2, 0.25) is 5.91 Å². The zero-order chi connectivity index (χ0) is 19.7. The van der Waals surface area contributed by atoms with Crippen LogP contribution in [-0.2, 0) is 16.1 Å². The lowest BCUT2D eigenvalue weighted by molar-refractivity contribution is -0.117. The highest BCUT2D eigenvalue weighted by Gasteiger charge is 2.30. The Balaban J connectivity index is 1.42. The first-order chi connectivity index (χ1) is 13.5. The molecule has 0 atom stereocenters. The van der Waals surface area contributed by atoms with Crippen molar-refractivity contribution in [3.05, 3.63) is 49.8 Å². The number of rotatable bonds is 5. The third-order valence-corrected chi connectivity index (χ3v) is 6.72. The van der Waals surface area contributed by atoms with Gasteiger partial charge in [0.1, 0.15) is 0 Å². The molecule has 0 radical (unpaired) electrons. The van der Waals surface area contributed by atoms with Crippen LogP contribution in [0.3, 0.4) is 0 Å². The van der Waals surface area contributed by atoms with E-state index in [-0.39, 0.29) is 17.7 Å². The molecule has 6 nitrogen and oxygen atoms in total. The van der Waals surface area contributed by atoms with E-state index < -0.39 is 0 Å². The van der Waals surface area contributed by atoms with Gasteiger partial charge < -0.3 is 10.6 Å². The number of carbonyl (C=O) groups is 2. The normalized spacial score (nSPS) is 19.3. The predicted octanol–water partition coefficient (Wildman–Crippen LogP) is 4.56. The second kappa shape index (κ2) is 8.24. The fourth-order valence-corrected chi connectivity index (χ4v) is 4.45. The topological polar surface area (TPSA) is 83.4 Å². The number of nitrogens with one attached hydrogen (secondary N) is 2. The number of amides is 2. The van der Waals surface area contributed by atoms with Crippen LogP contribution in [0.4, 0.5) is 5.13 Å². The number of aromatic nitrogens is 1. The van der Waals surface area contributed by atoms with Crippen molar-refractivity contribution in [2.24, 2.45) is 10.9 Å². The highest BCUT2D eigenvalue weighted by molar-refractivity contribution is 8.18. The molecule has 2 fully saturated rings. The Morgan fingerprint density at radius 2 is 2.21 bits per heavy atom. The standard InChI is InChI=1S/C18H14Cl2N4O2S2/c19-12-3-1-2-10(14(12)20)7-21-18-24-16(26)13(28-18)6-11-8-22-17(27-11)23-15(25)9-4-5-9/h1-3,6,8-9H,4-5,7H2,(H,21,24,26)(H,22,23,25). The molecule has 0 unspecified atom stereocenters. The summed E-state index contributed by atoms with van der Waals surface area (Å²) in [5.74, 6) is -0.0952. The quantitative estimate of drug-likeness (QED) is 0.651. The minimum absolute atomic E-state index is 0.00985. The lowest BCUT2D eigenvalue weighted by Gasteiger charge is -2.02. The Hall–Kier alpha value is -1.87. The van der Waals surface area contributed by atoms with Crippen molar-refractivity contribution in [2.75, 3.05) is 5.32 Å². The van der Waals surface area contributed by atoms with Crippen molar-refractivity contribution in [1.29, 1.82) is 0 Å². The number of anilines is 1. The lowest BCUT2D eigenvalue weighted by Crippen LogP contribution is -2.19. The molecule has 10 heteroatoms. The number of hydrogen-bond acceptors (Lipinski definition) is 6. The minimum Gasteiger partial charge on any atom is -0.302 e. The smallest absolute Gasteiger partial charge is 0.264 e. The Morgan fingerprint density at radius 1 is 1.39 bits per heavy atom. The Bertz CT molecular complexity index is 1010. The van der Waals surface area contributed by atoms with Crippen LogP contribution < -0.4 is 10.6 Å². The molecule has 2 aliphatic rings. The van der Waals surface area contributed by atoms with Crippen molar-refractivity contribution in [1.82, 2.24) is 10.3 Å². The largest absolute Gasteiger partial charge is 0.302 e. The zero-order valence-corrected chi connectivity index (χ0v) is 17.5. The summed E-state index contributed by atoms with van der Waals surface area (Å²) in [4.78, 5) is 33.9. The summed E-state index contributed by atoms with van der Waals surface area (Å²) in [5.41, 5.74) is 0.785. The van der Waals surface area contributed by atoms with Crippen LogP contribution in [0.5, 0.6) is 0 Å². The molecule has 2 amide bonds. The van der Waals surface area contributed by atoms with E-state index in [1.165, 1.54) is 23.1 Å². The Labute approximate surface area is 179 Å². The summed E-state index contributed by atoms with van der Waals surface area (Å²) in [7, 11) is 0. The number of hydrogen-bond donors (Lipinski definition) is 2. The molecule has 1 aliphatic carbocycles.